The maximum Gasteiger partial charge on any atom is 0.360 e. The molecule has 0 saturated heterocycles. The monoisotopic (exact) mass is 280 g/mol. The van der Waals surface area contributed by atoms with Crippen LogP contribution in [0.4, 0.5) is 5.69 Å². The van der Waals surface area contributed by atoms with E-state index in [9.17, 15) is 9.59 Å². The highest BCUT2D eigenvalue weighted by Gasteiger charge is 2.30. The summed E-state index contributed by atoms with van der Waals surface area (Å²) in [6.07, 6.45) is -0.0550. The fourth-order valence-electron chi connectivity index (χ4n) is 1.97. The second-order valence-corrected chi connectivity index (χ2v) is 4.47. The number of carbonyl (C=O) groups is 2. The van der Waals surface area contributed by atoms with Gasteiger partial charge in [-0.1, -0.05) is 36.4 Å². The standard InChI is InChI=1S/C16H12N2O3/c19-15-11-14(16(20)21-13-9-5-2-6-10-13)17-18(15)12-7-3-1-4-8-12/h1-10H,11H2. The molecule has 0 atom stereocenters. The molecular weight excluding hydrogens is 268 g/mol. The minimum absolute atomic E-state index is 0.0550. The summed E-state index contributed by atoms with van der Waals surface area (Å²) in [7, 11) is 0. The summed E-state index contributed by atoms with van der Waals surface area (Å²) >= 11 is 0. The first-order chi connectivity index (χ1) is 10.2. The summed E-state index contributed by atoms with van der Waals surface area (Å²) in [5.74, 6) is -0.426. The first-order valence-electron chi connectivity index (χ1n) is 6.47. The van der Waals surface area contributed by atoms with Crippen molar-refractivity contribution < 1.29 is 14.3 Å². The van der Waals surface area contributed by atoms with Gasteiger partial charge >= 0.3 is 5.97 Å². The van der Waals surface area contributed by atoms with Crippen LogP contribution in [-0.2, 0) is 9.59 Å². The van der Waals surface area contributed by atoms with Crippen molar-refractivity contribution in [3.05, 3.63) is 60.7 Å². The third kappa shape index (κ3) is 2.81. The highest BCUT2D eigenvalue weighted by molar-refractivity contribution is 6.43. The third-order valence-electron chi connectivity index (χ3n) is 2.97. The normalized spacial score (nSPS) is 14.0. The van der Waals surface area contributed by atoms with Crippen molar-refractivity contribution in [1.29, 1.82) is 0 Å². The number of hydrogen-bond acceptors (Lipinski definition) is 4. The second kappa shape index (κ2) is 5.58. The lowest BCUT2D eigenvalue weighted by atomic mass is 10.2. The Hall–Kier alpha value is -2.95. The highest BCUT2D eigenvalue weighted by atomic mass is 16.5. The molecule has 0 N–H and O–H groups in total. The Morgan fingerprint density at radius 2 is 1.62 bits per heavy atom. The molecule has 0 radical (unpaired) electrons. The fourth-order valence-corrected chi connectivity index (χ4v) is 1.97. The number of ether oxygens (including phenoxy) is 1. The van der Waals surface area contributed by atoms with Gasteiger partial charge in [-0.3, -0.25) is 4.79 Å². The van der Waals surface area contributed by atoms with Gasteiger partial charge in [-0.25, -0.2) is 4.79 Å². The average molecular weight is 280 g/mol. The van der Waals surface area contributed by atoms with Gasteiger partial charge in [0.2, 0.25) is 0 Å². The van der Waals surface area contributed by atoms with E-state index in [2.05, 4.69) is 5.10 Å². The van der Waals surface area contributed by atoms with Gasteiger partial charge in [0.15, 0.2) is 5.71 Å². The number of nitrogens with zero attached hydrogens (tertiary/aromatic N) is 2. The molecule has 0 aromatic heterocycles. The van der Waals surface area contributed by atoms with Crippen LogP contribution in [0.3, 0.4) is 0 Å². The molecule has 2 aromatic rings. The summed E-state index contributed by atoms with van der Waals surface area (Å²) in [6, 6.07) is 17.7. The Morgan fingerprint density at radius 1 is 1.00 bits per heavy atom. The van der Waals surface area contributed by atoms with Crippen LogP contribution in [0.15, 0.2) is 65.8 Å². The van der Waals surface area contributed by atoms with E-state index < -0.39 is 5.97 Å². The third-order valence-corrected chi connectivity index (χ3v) is 2.97. The Morgan fingerprint density at radius 3 is 2.29 bits per heavy atom. The van der Waals surface area contributed by atoms with Crippen LogP contribution in [0.1, 0.15) is 6.42 Å². The van der Waals surface area contributed by atoms with Crippen molar-refractivity contribution in [1.82, 2.24) is 0 Å². The first-order valence-corrected chi connectivity index (χ1v) is 6.47. The molecule has 0 spiro atoms. The molecule has 104 valence electrons. The van der Waals surface area contributed by atoms with Gasteiger partial charge in [-0.2, -0.15) is 10.1 Å². The SMILES string of the molecule is O=C(Oc1ccccc1)C1=NN(c2ccccc2)C(=O)C1. The number of hydrazone groups is 1. The van der Waals surface area contributed by atoms with Gasteiger partial charge in [0.25, 0.3) is 5.91 Å². The second-order valence-electron chi connectivity index (χ2n) is 4.47. The lowest BCUT2D eigenvalue weighted by Crippen LogP contribution is -2.20. The van der Waals surface area contributed by atoms with Crippen LogP contribution in [0.5, 0.6) is 5.75 Å². The Labute approximate surface area is 121 Å². The number of hydrogen-bond donors (Lipinski definition) is 0. The van der Waals surface area contributed by atoms with Gasteiger partial charge in [0, 0.05) is 0 Å². The lowest BCUT2D eigenvalue weighted by molar-refractivity contribution is -0.127. The quantitative estimate of drug-likeness (QED) is 0.640. The van der Waals surface area contributed by atoms with Crippen LogP contribution in [0, 0.1) is 0 Å². The maximum absolute atomic E-state index is 12.0. The number of anilines is 1. The predicted octanol–water partition coefficient (Wildman–Crippen LogP) is 2.38. The first kappa shape index (κ1) is 13.1. The number of benzene rings is 2. The summed E-state index contributed by atoms with van der Waals surface area (Å²) in [6.45, 7) is 0. The summed E-state index contributed by atoms with van der Waals surface area (Å²) in [5, 5.41) is 5.29. The number of esters is 1. The number of carbonyl (C=O) groups excluding carboxylic acids is 2. The van der Waals surface area contributed by atoms with Gasteiger partial charge in [-0.05, 0) is 24.3 Å². The minimum Gasteiger partial charge on any atom is -0.422 e. The Kier molecular flexibility index (Phi) is 3.47. The molecule has 0 unspecified atom stereocenters. The number of amides is 1. The van der Waals surface area contributed by atoms with Gasteiger partial charge in [0.1, 0.15) is 5.75 Å². The molecule has 0 bridgehead atoms. The molecule has 1 aliphatic heterocycles. The van der Waals surface area contributed by atoms with Crippen molar-refractivity contribution in [2.75, 3.05) is 5.01 Å². The molecule has 0 aliphatic carbocycles. The molecule has 5 nitrogen and oxygen atoms in total. The van der Waals surface area contributed by atoms with Crippen LogP contribution in [-0.4, -0.2) is 17.6 Å². The number of para-hydroxylation sites is 2. The van der Waals surface area contributed by atoms with E-state index >= 15 is 0 Å². The van der Waals surface area contributed by atoms with Crippen LogP contribution in [0.25, 0.3) is 0 Å². The zero-order valence-corrected chi connectivity index (χ0v) is 11.1. The van der Waals surface area contributed by atoms with E-state index in [1.807, 2.05) is 12.1 Å². The summed E-state index contributed by atoms with van der Waals surface area (Å²) in [4.78, 5) is 24.0. The van der Waals surface area contributed by atoms with E-state index in [1.54, 1.807) is 48.5 Å². The molecule has 0 fully saturated rings. The van der Waals surface area contributed by atoms with Crippen LogP contribution >= 0.6 is 0 Å². The van der Waals surface area contributed by atoms with Gasteiger partial charge < -0.3 is 4.74 Å². The average Bonchev–Trinajstić information content (AvgIpc) is 2.91. The van der Waals surface area contributed by atoms with E-state index in [4.69, 9.17) is 4.74 Å². The van der Waals surface area contributed by atoms with Crippen molar-refractivity contribution in [2.24, 2.45) is 5.10 Å². The van der Waals surface area contributed by atoms with Crippen LogP contribution < -0.4 is 9.75 Å². The molecule has 0 saturated carbocycles. The van der Waals surface area contributed by atoms with Gasteiger partial charge in [-0.15, -0.1) is 0 Å². The van der Waals surface area contributed by atoms with Gasteiger partial charge in [0.05, 0.1) is 12.1 Å². The Balaban J connectivity index is 1.77. The van der Waals surface area contributed by atoms with E-state index in [-0.39, 0.29) is 18.0 Å². The lowest BCUT2D eigenvalue weighted by Gasteiger charge is -2.10. The Bertz CT molecular complexity index is 696. The van der Waals surface area contributed by atoms with E-state index in [0.717, 1.165) is 0 Å². The topological polar surface area (TPSA) is 59.0 Å². The number of rotatable bonds is 3. The molecular formula is C16H12N2O3. The zero-order chi connectivity index (χ0) is 14.7. The predicted molar refractivity (Wildman–Crippen MR) is 78.1 cm³/mol. The molecule has 1 heterocycles. The highest BCUT2D eigenvalue weighted by Crippen LogP contribution is 2.20. The molecule has 1 aliphatic rings. The molecule has 3 rings (SSSR count). The van der Waals surface area contributed by atoms with Crippen molar-refractivity contribution in [2.45, 2.75) is 6.42 Å². The van der Waals surface area contributed by atoms with Crippen molar-refractivity contribution in [3.8, 4) is 5.75 Å². The fraction of sp³-hybridized carbons (Fsp3) is 0.0625. The zero-order valence-electron chi connectivity index (χ0n) is 11.1. The minimum atomic E-state index is -0.604. The smallest absolute Gasteiger partial charge is 0.360 e. The van der Waals surface area contributed by atoms with Crippen molar-refractivity contribution in [3.63, 3.8) is 0 Å². The van der Waals surface area contributed by atoms with Crippen molar-refractivity contribution >= 4 is 23.3 Å². The summed E-state index contributed by atoms with van der Waals surface area (Å²) < 4.78 is 5.18. The van der Waals surface area contributed by atoms with E-state index in [0.29, 0.717) is 11.4 Å². The summed E-state index contributed by atoms with van der Waals surface area (Å²) in [5.41, 5.74) is 0.734. The largest absolute Gasteiger partial charge is 0.422 e. The molecule has 5 heteroatoms. The van der Waals surface area contributed by atoms with E-state index in [1.165, 1.54) is 5.01 Å². The molecule has 1 amide bonds. The molecule has 2 aromatic carbocycles. The molecule has 21 heavy (non-hydrogen) atoms. The van der Waals surface area contributed by atoms with Crippen LogP contribution in [0.2, 0.25) is 0 Å². The maximum atomic E-state index is 12.0.